The summed E-state index contributed by atoms with van der Waals surface area (Å²) in [4.78, 5) is 22.0. The first-order valence-electron chi connectivity index (χ1n) is 5.63. The molecule has 98 valence electrons. The first-order valence-corrected chi connectivity index (χ1v) is 5.63. The quantitative estimate of drug-likeness (QED) is 0.437. The van der Waals surface area contributed by atoms with Crippen molar-refractivity contribution in [3.05, 3.63) is 0 Å². The van der Waals surface area contributed by atoms with Gasteiger partial charge in [-0.3, -0.25) is 0 Å². The number of amides is 2. The average molecular weight is 246 g/mol. The molecule has 1 aliphatic rings. The highest BCUT2D eigenvalue weighted by Crippen LogP contribution is 2.18. The van der Waals surface area contributed by atoms with Gasteiger partial charge >= 0.3 is 12.0 Å². The Bertz CT molecular complexity index is 284. The number of carbonyl (C=O) groups excluding carboxylic acids is 1. The molecule has 0 spiro atoms. The highest BCUT2D eigenvalue weighted by Gasteiger charge is 2.26. The van der Waals surface area contributed by atoms with E-state index in [1.165, 1.54) is 0 Å². The van der Waals surface area contributed by atoms with Crippen molar-refractivity contribution in [2.45, 2.75) is 43.9 Å². The van der Waals surface area contributed by atoms with E-state index in [0.29, 0.717) is 12.8 Å². The van der Waals surface area contributed by atoms with Crippen LogP contribution in [0, 0.1) is 0 Å². The van der Waals surface area contributed by atoms with Gasteiger partial charge in [0.1, 0.15) is 0 Å². The predicted octanol–water partition coefficient (Wildman–Crippen LogP) is -0.965. The minimum Gasteiger partial charge on any atom is -0.480 e. The molecule has 2 unspecified atom stereocenters. The Labute approximate surface area is 98.8 Å². The van der Waals surface area contributed by atoms with Crippen LogP contribution >= 0.6 is 0 Å². The molecule has 0 aromatic carbocycles. The monoisotopic (exact) mass is 246 g/mol. The summed E-state index contributed by atoms with van der Waals surface area (Å²) < 4.78 is 0. The zero-order chi connectivity index (χ0) is 12.8. The second-order valence-corrected chi connectivity index (χ2v) is 4.15. The largest absolute Gasteiger partial charge is 0.480 e. The van der Waals surface area contributed by atoms with E-state index in [4.69, 9.17) is 10.2 Å². The Morgan fingerprint density at radius 1 is 1.29 bits per heavy atom. The second-order valence-electron chi connectivity index (χ2n) is 4.15. The predicted molar refractivity (Wildman–Crippen MR) is 58.4 cm³/mol. The van der Waals surface area contributed by atoms with Crippen molar-refractivity contribution in [1.82, 2.24) is 10.6 Å². The fourth-order valence-electron chi connectivity index (χ4n) is 1.83. The maximum atomic E-state index is 11.4. The number of nitrogens with one attached hydrogen (secondary N) is 2. The van der Waals surface area contributed by atoms with E-state index in [2.05, 4.69) is 10.6 Å². The van der Waals surface area contributed by atoms with Crippen LogP contribution in [0.5, 0.6) is 0 Å². The van der Waals surface area contributed by atoms with Gasteiger partial charge in [0.25, 0.3) is 0 Å². The number of aliphatic hydroxyl groups is 2. The van der Waals surface area contributed by atoms with Crippen molar-refractivity contribution in [2.75, 3.05) is 6.61 Å². The molecule has 1 rings (SSSR count). The number of hydrogen-bond acceptors (Lipinski definition) is 4. The van der Waals surface area contributed by atoms with Crippen LogP contribution in [0.3, 0.4) is 0 Å². The topological polar surface area (TPSA) is 119 Å². The number of rotatable bonds is 4. The number of carboxylic acids is 1. The lowest BCUT2D eigenvalue weighted by molar-refractivity contribution is -0.140. The second kappa shape index (κ2) is 6.41. The summed E-state index contributed by atoms with van der Waals surface area (Å²) in [6.07, 6.45) is 2.56. The molecule has 0 bridgehead atoms. The molecule has 0 saturated heterocycles. The molecular formula is C10H18N2O5. The molecule has 0 radical (unpaired) electrons. The minimum atomic E-state index is -1.32. The zero-order valence-electron chi connectivity index (χ0n) is 9.43. The number of urea groups is 1. The Hall–Kier alpha value is -1.34. The van der Waals surface area contributed by atoms with Gasteiger partial charge in [-0.15, -0.1) is 0 Å². The summed E-state index contributed by atoms with van der Waals surface area (Å²) in [7, 11) is 0. The summed E-state index contributed by atoms with van der Waals surface area (Å²) in [5.74, 6) is -1.30. The molecule has 1 fully saturated rings. The van der Waals surface area contributed by atoms with Crippen molar-refractivity contribution < 1.29 is 24.9 Å². The molecule has 0 aromatic heterocycles. The van der Waals surface area contributed by atoms with E-state index in [1.54, 1.807) is 0 Å². The fourth-order valence-corrected chi connectivity index (χ4v) is 1.83. The molecule has 7 heteroatoms. The van der Waals surface area contributed by atoms with Crippen LogP contribution in [0.1, 0.15) is 25.7 Å². The third kappa shape index (κ3) is 4.20. The lowest BCUT2D eigenvalue weighted by Crippen LogP contribution is -2.53. The number of aliphatic carboxylic acids is 1. The lowest BCUT2D eigenvalue weighted by Gasteiger charge is -2.28. The van der Waals surface area contributed by atoms with Gasteiger partial charge in [0.15, 0.2) is 6.04 Å². The van der Waals surface area contributed by atoms with Gasteiger partial charge in [-0.2, -0.15) is 0 Å². The number of hydrogen-bond donors (Lipinski definition) is 5. The third-order valence-corrected chi connectivity index (χ3v) is 2.83. The summed E-state index contributed by atoms with van der Waals surface area (Å²) in [6, 6.07) is -2.36. The molecule has 7 nitrogen and oxygen atoms in total. The number of aliphatic hydroxyl groups excluding tert-OH is 2. The van der Waals surface area contributed by atoms with Crippen molar-refractivity contribution in [3.63, 3.8) is 0 Å². The van der Waals surface area contributed by atoms with Crippen LogP contribution in [0.25, 0.3) is 0 Å². The van der Waals surface area contributed by atoms with E-state index in [1.807, 2.05) is 0 Å². The first kappa shape index (κ1) is 13.7. The molecule has 0 aliphatic heterocycles. The summed E-state index contributed by atoms with van der Waals surface area (Å²) >= 11 is 0. The van der Waals surface area contributed by atoms with Gasteiger partial charge in [0.2, 0.25) is 0 Å². The van der Waals surface area contributed by atoms with Crippen LogP contribution in [0.4, 0.5) is 4.79 Å². The number of carbonyl (C=O) groups is 2. The third-order valence-electron chi connectivity index (χ3n) is 2.83. The van der Waals surface area contributed by atoms with Gasteiger partial charge in [0.05, 0.1) is 18.8 Å². The Kier molecular flexibility index (Phi) is 5.17. The Balaban J connectivity index is 2.40. The van der Waals surface area contributed by atoms with Gasteiger partial charge in [-0.05, 0) is 12.8 Å². The van der Waals surface area contributed by atoms with Gasteiger partial charge in [0, 0.05) is 0 Å². The molecule has 5 N–H and O–H groups in total. The number of carboxylic acid groups (broad SMARTS) is 1. The molecule has 1 saturated carbocycles. The van der Waals surface area contributed by atoms with Crippen LogP contribution < -0.4 is 10.6 Å². The SMILES string of the molecule is O=C(NC1CCCCC1O)N[C@@H](CO)C(=O)O. The summed E-state index contributed by atoms with van der Waals surface area (Å²) in [5, 5.41) is 31.6. The molecule has 3 atom stereocenters. The van der Waals surface area contributed by atoms with Crippen LogP contribution in [0.15, 0.2) is 0 Å². The van der Waals surface area contributed by atoms with E-state index in [9.17, 15) is 14.7 Å². The van der Waals surface area contributed by atoms with Crippen molar-refractivity contribution in [3.8, 4) is 0 Å². The maximum Gasteiger partial charge on any atom is 0.328 e. The minimum absolute atomic E-state index is 0.350. The molecule has 1 aliphatic carbocycles. The smallest absolute Gasteiger partial charge is 0.328 e. The van der Waals surface area contributed by atoms with Crippen molar-refractivity contribution >= 4 is 12.0 Å². The van der Waals surface area contributed by atoms with E-state index in [0.717, 1.165) is 12.8 Å². The van der Waals surface area contributed by atoms with Crippen molar-refractivity contribution in [1.29, 1.82) is 0 Å². The molecule has 0 heterocycles. The van der Waals surface area contributed by atoms with Crippen LogP contribution in [0.2, 0.25) is 0 Å². The standard InChI is InChI=1S/C10H18N2O5/c13-5-7(9(15)16)12-10(17)11-6-3-1-2-4-8(6)14/h6-8,13-14H,1-5H2,(H,15,16)(H2,11,12,17)/t6?,7-,8?/m0/s1. The highest BCUT2D eigenvalue weighted by molar-refractivity contribution is 5.82. The Morgan fingerprint density at radius 3 is 2.47 bits per heavy atom. The highest BCUT2D eigenvalue weighted by atomic mass is 16.4. The fraction of sp³-hybridized carbons (Fsp3) is 0.800. The van der Waals surface area contributed by atoms with Crippen LogP contribution in [-0.2, 0) is 4.79 Å². The van der Waals surface area contributed by atoms with E-state index in [-0.39, 0.29) is 6.04 Å². The van der Waals surface area contributed by atoms with Crippen molar-refractivity contribution in [2.24, 2.45) is 0 Å². The first-order chi connectivity index (χ1) is 8.04. The van der Waals surface area contributed by atoms with Gasteiger partial charge in [-0.1, -0.05) is 12.8 Å². The molecule has 0 aromatic rings. The zero-order valence-corrected chi connectivity index (χ0v) is 9.43. The lowest BCUT2D eigenvalue weighted by atomic mass is 9.93. The van der Waals surface area contributed by atoms with Gasteiger partial charge in [-0.25, -0.2) is 9.59 Å². The van der Waals surface area contributed by atoms with E-state index < -0.39 is 30.8 Å². The normalized spacial score (nSPS) is 26.0. The molecular weight excluding hydrogens is 228 g/mol. The van der Waals surface area contributed by atoms with Crippen LogP contribution in [-0.4, -0.2) is 52.1 Å². The molecule has 17 heavy (non-hydrogen) atoms. The van der Waals surface area contributed by atoms with E-state index >= 15 is 0 Å². The maximum absolute atomic E-state index is 11.4. The van der Waals surface area contributed by atoms with Gasteiger partial charge < -0.3 is 26.0 Å². The Morgan fingerprint density at radius 2 is 1.94 bits per heavy atom. The molecule has 2 amide bonds. The summed E-state index contributed by atoms with van der Waals surface area (Å²) in [6.45, 7) is -0.671. The average Bonchev–Trinajstić information content (AvgIpc) is 2.28. The summed E-state index contributed by atoms with van der Waals surface area (Å²) in [5.41, 5.74) is 0.